The van der Waals surface area contributed by atoms with E-state index in [4.69, 9.17) is 41.1 Å². The van der Waals surface area contributed by atoms with Crippen molar-refractivity contribution in [3.8, 4) is 23.0 Å². The second-order valence-electron chi connectivity index (χ2n) is 6.94. The fraction of sp³-hybridized carbons (Fsp3) is 0.348. The number of anilines is 2. The summed E-state index contributed by atoms with van der Waals surface area (Å²) in [5.74, 6) is -2.92. The van der Waals surface area contributed by atoms with Crippen LogP contribution in [0.5, 0.6) is 23.0 Å². The summed E-state index contributed by atoms with van der Waals surface area (Å²) in [7, 11) is -6.00. The van der Waals surface area contributed by atoms with E-state index in [2.05, 4.69) is 9.97 Å². The Labute approximate surface area is 207 Å². The average Bonchev–Trinajstić information content (AvgIpc) is 2.85. The van der Waals surface area contributed by atoms with E-state index >= 15 is 0 Å². The summed E-state index contributed by atoms with van der Waals surface area (Å²) in [6.07, 6.45) is -2.06. The maximum Gasteiger partial charge on any atom is 0.267 e. The van der Waals surface area contributed by atoms with Crippen LogP contribution in [-0.4, -0.2) is 73.6 Å². The summed E-state index contributed by atoms with van der Waals surface area (Å²) in [6, 6.07) is 8.05. The summed E-state index contributed by atoms with van der Waals surface area (Å²) in [6.45, 7) is -9.80. The number of nitrogens with two attached hydrogens (primary N) is 1. The number of nitrogen functional groups attached to an aromatic ring is 1. The Morgan fingerprint density at radius 3 is 2.64 bits per heavy atom. The zero-order chi connectivity index (χ0) is 33.3. The number of methoxy groups -OCH3 is 2. The minimum atomic E-state index is -3.01. The summed E-state index contributed by atoms with van der Waals surface area (Å²) in [5, 5.41) is 0.0210. The predicted octanol–water partition coefficient (Wildman–Crippen LogP) is 1.72. The van der Waals surface area contributed by atoms with Crippen LogP contribution >= 0.6 is 0 Å². The number of ether oxygens (including phenoxy) is 4. The molecule has 3 aromatic rings. The molecule has 5 rings (SSSR count). The first kappa shape index (κ1) is 11.3. The number of para-hydroxylation sites is 2. The number of fused-ring (bicyclic) bond motifs is 2. The Morgan fingerprint density at radius 2 is 1.88 bits per heavy atom. The predicted molar refractivity (Wildman–Crippen MR) is 122 cm³/mol. The van der Waals surface area contributed by atoms with Gasteiger partial charge in [-0.3, -0.25) is 4.79 Å². The number of hydrogen-bond acceptors (Lipinski definition) is 9. The SMILES string of the molecule is [2H]C([2H])([2H])Oc1cc2nc(N3CC([2H])([2H])N(C(=O)C4Oc5ccccc5OC4([2H])[2H])C([2H])([2H])C3)nc(N)c2cc1OC([2H])([2H])[2H]. The molecule has 1 aromatic heterocycles. The molecular weight excluding hydrogens is 426 g/mol. The van der Waals surface area contributed by atoms with Gasteiger partial charge in [-0.2, -0.15) is 4.98 Å². The Hall–Kier alpha value is -3.95. The van der Waals surface area contributed by atoms with Crippen LogP contribution in [0.25, 0.3) is 10.9 Å². The van der Waals surface area contributed by atoms with Crippen molar-refractivity contribution in [2.75, 3.05) is 57.4 Å². The zero-order valence-corrected chi connectivity index (χ0v) is 16.9. The van der Waals surface area contributed by atoms with Gasteiger partial charge in [0.25, 0.3) is 5.91 Å². The average molecular weight is 464 g/mol. The lowest BCUT2D eigenvalue weighted by molar-refractivity contribution is -0.141. The van der Waals surface area contributed by atoms with Crippen molar-refractivity contribution in [3.05, 3.63) is 36.4 Å². The molecule has 2 aromatic carbocycles. The maximum absolute atomic E-state index is 13.6. The van der Waals surface area contributed by atoms with Crippen LogP contribution in [0.1, 0.15) is 16.4 Å². The summed E-state index contributed by atoms with van der Waals surface area (Å²) < 4.78 is 116. The van der Waals surface area contributed by atoms with Crippen molar-refractivity contribution in [2.45, 2.75) is 6.10 Å². The molecule has 1 fully saturated rings. The minimum absolute atomic E-state index is 0.0120. The molecule has 2 aliphatic rings. The van der Waals surface area contributed by atoms with Gasteiger partial charge in [-0.05, 0) is 18.2 Å². The quantitative estimate of drug-likeness (QED) is 0.618. The van der Waals surface area contributed by atoms with Crippen molar-refractivity contribution >= 4 is 28.6 Å². The molecule has 0 aliphatic carbocycles. The van der Waals surface area contributed by atoms with Gasteiger partial charge in [-0.25, -0.2) is 4.98 Å². The first-order valence-corrected chi connectivity index (χ1v) is 9.60. The van der Waals surface area contributed by atoms with E-state index in [1.807, 2.05) is 0 Å². The number of carbonyl (C=O) groups is 1. The second kappa shape index (κ2) is 8.53. The number of aromatic nitrogens is 2. The van der Waals surface area contributed by atoms with Crippen LogP contribution in [0.2, 0.25) is 0 Å². The van der Waals surface area contributed by atoms with E-state index in [-0.39, 0.29) is 39.1 Å². The molecule has 10 nitrogen and oxygen atoms in total. The number of benzene rings is 2. The van der Waals surface area contributed by atoms with E-state index in [0.29, 0.717) is 0 Å². The van der Waals surface area contributed by atoms with Crippen LogP contribution in [0.15, 0.2) is 36.4 Å². The van der Waals surface area contributed by atoms with E-state index in [9.17, 15) is 4.79 Å². The van der Waals surface area contributed by atoms with Crippen LogP contribution in [0, 0.1) is 0 Å². The van der Waals surface area contributed by atoms with E-state index in [1.165, 1.54) is 12.1 Å². The Kier molecular flexibility index (Phi) is 2.91. The third-order valence-electron chi connectivity index (χ3n) is 4.94. The zero-order valence-electron chi connectivity index (χ0n) is 28.9. The Bertz CT molecular complexity index is 1630. The maximum atomic E-state index is 13.6. The molecule has 1 unspecified atom stereocenters. The first-order valence-electron chi connectivity index (χ1n) is 15.6. The number of hydrogen-bond donors (Lipinski definition) is 1. The highest BCUT2D eigenvalue weighted by Gasteiger charge is 2.33. The summed E-state index contributed by atoms with van der Waals surface area (Å²) in [4.78, 5) is 23.3. The normalized spacial score (nSPS) is 28.4. The van der Waals surface area contributed by atoms with Gasteiger partial charge in [0.2, 0.25) is 12.1 Å². The fourth-order valence-corrected chi connectivity index (χ4v) is 3.29. The van der Waals surface area contributed by atoms with Crippen molar-refractivity contribution in [1.29, 1.82) is 0 Å². The van der Waals surface area contributed by atoms with Gasteiger partial charge in [-0.1, -0.05) is 12.1 Å². The fourth-order valence-electron chi connectivity index (χ4n) is 3.29. The summed E-state index contributed by atoms with van der Waals surface area (Å²) >= 11 is 0. The molecule has 1 atom stereocenters. The van der Waals surface area contributed by atoms with Crippen LogP contribution < -0.4 is 29.6 Å². The molecule has 172 valence electrons. The molecule has 2 aliphatic heterocycles. The number of amides is 1. The van der Waals surface area contributed by atoms with Crippen molar-refractivity contribution in [2.24, 2.45) is 0 Å². The van der Waals surface area contributed by atoms with Crippen molar-refractivity contribution < 1.29 is 40.2 Å². The molecule has 10 heteroatoms. The largest absolute Gasteiger partial charge is 0.493 e. The monoisotopic (exact) mass is 463 g/mol. The highest BCUT2D eigenvalue weighted by atomic mass is 16.6. The van der Waals surface area contributed by atoms with Gasteiger partial charge in [0.1, 0.15) is 12.4 Å². The van der Waals surface area contributed by atoms with E-state index in [1.54, 1.807) is 12.1 Å². The lowest BCUT2D eigenvalue weighted by Crippen LogP contribution is -2.54. The molecule has 0 spiro atoms. The third-order valence-corrected chi connectivity index (χ3v) is 4.94. The van der Waals surface area contributed by atoms with E-state index < -0.39 is 70.2 Å². The highest BCUT2D eigenvalue weighted by molar-refractivity contribution is 5.91. The molecule has 33 heavy (non-hydrogen) atoms. The number of nitrogens with zero attached hydrogens (tertiary/aromatic N) is 4. The van der Waals surface area contributed by atoms with Crippen LogP contribution in [0.4, 0.5) is 11.8 Å². The van der Waals surface area contributed by atoms with Gasteiger partial charge in [0, 0.05) is 37.5 Å². The molecule has 0 saturated carbocycles. The molecule has 1 saturated heterocycles. The molecule has 2 N–H and O–H groups in total. The third kappa shape index (κ3) is 3.88. The smallest absolute Gasteiger partial charge is 0.267 e. The molecular formula is C23H25N5O5. The highest BCUT2D eigenvalue weighted by Crippen LogP contribution is 2.34. The Morgan fingerprint density at radius 1 is 1.15 bits per heavy atom. The molecule has 1 amide bonds. The van der Waals surface area contributed by atoms with Gasteiger partial charge in [-0.15, -0.1) is 0 Å². The number of rotatable bonds is 4. The first-order chi connectivity index (χ1) is 20.6. The lowest BCUT2D eigenvalue weighted by atomic mass is 10.2. The second-order valence-corrected chi connectivity index (χ2v) is 6.94. The molecule has 0 radical (unpaired) electrons. The van der Waals surface area contributed by atoms with E-state index in [0.717, 1.165) is 17.0 Å². The van der Waals surface area contributed by atoms with Gasteiger partial charge in [0.15, 0.2) is 23.0 Å². The Balaban J connectivity index is 1.49. The standard InChI is InChI=1S/C23H25N5O5/c1-30-18-11-14-15(12-19(18)31-2)25-23(26-21(14)24)28-9-7-27(8-10-28)22(29)20-13-32-16-5-3-4-6-17(16)33-20/h3-6,11-12,20H,7-10,13H2,1-2H3,(H2,24,25,26)/i1D3,2D3,7D2,8D2,13D2. The van der Waals surface area contributed by atoms with Gasteiger partial charge < -0.3 is 34.5 Å². The lowest BCUT2D eigenvalue weighted by Gasteiger charge is -2.37. The molecule has 0 bridgehead atoms. The topological polar surface area (TPSA) is 112 Å². The number of carbonyl (C=O) groups excluding carboxylic acids is 1. The minimum Gasteiger partial charge on any atom is -0.493 e. The van der Waals surface area contributed by atoms with Gasteiger partial charge in [0.05, 0.1) is 36.0 Å². The number of piperazine rings is 1. The van der Waals surface area contributed by atoms with Crippen molar-refractivity contribution in [1.82, 2.24) is 14.9 Å². The summed E-state index contributed by atoms with van der Waals surface area (Å²) in [5.41, 5.74) is 6.03. The van der Waals surface area contributed by atoms with Gasteiger partial charge >= 0.3 is 0 Å². The van der Waals surface area contributed by atoms with Crippen LogP contribution in [-0.2, 0) is 4.79 Å². The van der Waals surface area contributed by atoms with Crippen molar-refractivity contribution in [3.63, 3.8) is 0 Å². The molecule has 3 heterocycles. The van der Waals surface area contributed by atoms with Crippen LogP contribution in [0.3, 0.4) is 0 Å².